The fourth-order valence-electron chi connectivity index (χ4n) is 2.07. The van der Waals surface area contributed by atoms with Crippen LogP contribution in [0.3, 0.4) is 0 Å². The molecule has 3 rings (SSSR count). The van der Waals surface area contributed by atoms with E-state index in [2.05, 4.69) is 15.0 Å². The van der Waals surface area contributed by atoms with E-state index in [9.17, 15) is 0 Å². The van der Waals surface area contributed by atoms with Crippen LogP contribution in [0.1, 0.15) is 18.4 Å². The van der Waals surface area contributed by atoms with E-state index in [4.69, 9.17) is 10.3 Å². The zero-order chi connectivity index (χ0) is 11.8. The molecule has 0 unspecified atom stereocenters. The molecule has 0 atom stereocenters. The zero-order valence-electron chi connectivity index (χ0n) is 9.64. The standard InChI is InChI=1S/C11H14N4OS/c1-7-6-8(12)17-9(7)10-13-11(14-16-10)15-4-2-3-5-15/h6H,2-5,12H2,1H3. The Hall–Kier alpha value is -1.56. The van der Waals surface area contributed by atoms with Crippen LogP contribution < -0.4 is 10.6 Å². The van der Waals surface area contributed by atoms with Gasteiger partial charge in [-0.15, -0.1) is 11.3 Å². The molecule has 1 aliphatic rings. The van der Waals surface area contributed by atoms with Crippen LogP contribution in [0.2, 0.25) is 0 Å². The second-order valence-electron chi connectivity index (χ2n) is 4.25. The molecule has 1 fully saturated rings. The van der Waals surface area contributed by atoms with Gasteiger partial charge in [-0.05, 0) is 36.6 Å². The molecular weight excluding hydrogens is 236 g/mol. The van der Waals surface area contributed by atoms with Gasteiger partial charge in [0.1, 0.15) is 0 Å². The van der Waals surface area contributed by atoms with Crippen molar-refractivity contribution < 1.29 is 4.52 Å². The maximum atomic E-state index is 5.76. The highest BCUT2D eigenvalue weighted by Gasteiger charge is 2.20. The molecule has 5 nitrogen and oxygen atoms in total. The molecule has 0 bridgehead atoms. The van der Waals surface area contributed by atoms with Gasteiger partial charge >= 0.3 is 0 Å². The summed E-state index contributed by atoms with van der Waals surface area (Å²) >= 11 is 1.49. The third kappa shape index (κ3) is 1.88. The average Bonchev–Trinajstić information content (AvgIpc) is 2.97. The Kier molecular flexibility index (Phi) is 2.51. The molecule has 3 heterocycles. The number of nitrogen functional groups attached to an aromatic ring is 1. The number of hydrogen-bond acceptors (Lipinski definition) is 6. The summed E-state index contributed by atoms with van der Waals surface area (Å²) in [6.07, 6.45) is 2.41. The van der Waals surface area contributed by atoms with E-state index in [1.54, 1.807) is 0 Å². The predicted molar refractivity (Wildman–Crippen MR) is 68.2 cm³/mol. The van der Waals surface area contributed by atoms with Gasteiger partial charge in [-0.3, -0.25) is 0 Å². The number of hydrogen-bond donors (Lipinski definition) is 1. The average molecular weight is 250 g/mol. The fraction of sp³-hybridized carbons (Fsp3) is 0.455. The third-order valence-electron chi connectivity index (χ3n) is 2.94. The van der Waals surface area contributed by atoms with Crippen molar-refractivity contribution in [3.05, 3.63) is 11.6 Å². The van der Waals surface area contributed by atoms with Gasteiger partial charge in [-0.25, -0.2) is 0 Å². The Morgan fingerprint density at radius 1 is 1.41 bits per heavy atom. The molecule has 0 spiro atoms. The lowest BCUT2D eigenvalue weighted by Gasteiger charge is -2.09. The van der Waals surface area contributed by atoms with Crippen LogP contribution in [0.5, 0.6) is 0 Å². The van der Waals surface area contributed by atoms with Gasteiger partial charge in [0.15, 0.2) is 0 Å². The lowest BCUT2D eigenvalue weighted by atomic mass is 10.3. The molecule has 0 aromatic carbocycles. The molecule has 1 aliphatic heterocycles. The Labute approximate surface area is 103 Å². The third-order valence-corrected chi connectivity index (χ3v) is 3.99. The number of nitrogens with zero attached hydrogens (tertiary/aromatic N) is 3. The van der Waals surface area contributed by atoms with Crippen LogP contribution in [-0.2, 0) is 0 Å². The SMILES string of the molecule is Cc1cc(N)sc1-c1nc(N2CCCC2)no1. The van der Waals surface area contributed by atoms with Gasteiger partial charge < -0.3 is 15.2 Å². The fourth-order valence-corrected chi connectivity index (χ4v) is 2.93. The number of thiophene rings is 1. The summed E-state index contributed by atoms with van der Waals surface area (Å²) in [5, 5.41) is 4.81. The lowest BCUT2D eigenvalue weighted by Crippen LogP contribution is -2.18. The summed E-state index contributed by atoms with van der Waals surface area (Å²) < 4.78 is 5.31. The van der Waals surface area contributed by atoms with Gasteiger partial charge in [0.05, 0.1) is 9.88 Å². The molecule has 0 saturated carbocycles. The van der Waals surface area contributed by atoms with Crippen molar-refractivity contribution in [1.82, 2.24) is 10.1 Å². The van der Waals surface area contributed by atoms with Gasteiger partial charge in [-0.1, -0.05) is 0 Å². The minimum Gasteiger partial charge on any atom is -0.391 e. The van der Waals surface area contributed by atoms with Gasteiger partial charge in [0.2, 0.25) is 0 Å². The Balaban J connectivity index is 1.91. The van der Waals surface area contributed by atoms with E-state index in [1.807, 2.05) is 13.0 Å². The first kappa shape index (κ1) is 10.6. The van der Waals surface area contributed by atoms with Crippen molar-refractivity contribution in [3.8, 4) is 10.8 Å². The van der Waals surface area contributed by atoms with Crippen LogP contribution in [0.25, 0.3) is 10.8 Å². The van der Waals surface area contributed by atoms with E-state index in [1.165, 1.54) is 24.2 Å². The molecule has 0 radical (unpaired) electrons. The van der Waals surface area contributed by atoms with Crippen molar-refractivity contribution >= 4 is 22.3 Å². The zero-order valence-corrected chi connectivity index (χ0v) is 10.5. The first-order chi connectivity index (χ1) is 8.24. The highest BCUT2D eigenvalue weighted by Crippen LogP contribution is 2.33. The lowest BCUT2D eigenvalue weighted by molar-refractivity contribution is 0.431. The van der Waals surface area contributed by atoms with Crippen molar-refractivity contribution in [2.24, 2.45) is 0 Å². The predicted octanol–water partition coefficient (Wildman–Crippen LogP) is 2.29. The van der Waals surface area contributed by atoms with E-state index in [0.29, 0.717) is 11.8 Å². The van der Waals surface area contributed by atoms with E-state index >= 15 is 0 Å². The number of aromatic nitrogens is 2. The quantitative estimate of drug-likeness (QED) is 0.885. The Morgan fingerprint density at radius 3 is 2.82 bits per heavy atom. The van der Waals surface area contributed by atoms with Crippen molar-refractivity contribution in [2.75, 3.05) is 23.7 Å². The number of anilines is 2. The Morgan fingerprint density at radius 2 is 2.18 bits per heavy atom. The molecular formula is C11H14N4OS. The maximum absolute atomic E-state index is 5.76. The summed E-state index contributed by atoms with van der Waals surface area (Å²) in [7, 11) is 0. The second-order valence-corrected chi connectivity index (χ2v) is 5.34. The highest BCUT2D eigenvalue weighted by atomic mass is 32.1. The van der Waals surface area contributed by atoms with E-state index < -0.39 is 0 Å². The van der Waals surface area contributed by atoms with Crippen LogP contribution in [0, 0.1) is 6.92 Å². The molecule has 17 heavy (non-hydrogen) atoms. The van der Waals surface area contributed by atoms with Crippen molar-refractivity contribution in [3.63, 3.8) is 0 Å². The van der Waals surface area contributed by atoms with Gasteiger partial charge in [-0.2, -0.15) is 4.98 Å². The second kappa shape index (κ2) is 4.03. The van der Waals surface area contributed by atoms with Gasteiger partial charge in [0.25, 0.3) is 11.8 Å². The number of rotatable bonds is 2. The summed E-state index contributed by atoms with van der Waals surface area (Å²) in [5.74, 6) is 1.27. The van der Waals surface area contributed by atoms with Crippen LogP contribution in [0.4, 0.5) is 10.9 Å². The minimum atomic E-state index is 0.575. The first-order valence-corrected chi connectivity index (χ1v) is 6.50. The smallest absolute Gasteiger partial charge is 0.269 e. The largest absolute Gasteiger partial charge is 0.391 e. The van der Waals surface area contributed by atoms with Crippen LogP contribution >= 0.6 is 11.3 Å². The van der Waals surface area contributed by atoms with Crippen LogP contribution in [-0.4, -0.2) is 23.2 Å². The van der Waals surface area contributed by atoms with E-state index in [-0.39, 0.29) is 0 Å². The van der Waals surface area contributed by atoms with Crippen molar-refractivity contribution in [2.45, 2.75) is 19.8 Å². The number of nitrogens with two attached hydrogens (primary N) is 1. The molecule has 0 aliphatic carbocycles. The van der Waals surface area contributed by atoms with Crippen LogP contribution in [0.15, 0.2) is 10.6 Å². The minimum absolute atomic E-state index is 0.575. The molecule has 2 aromatic heterocycles. The first-order valence-electron chi connectivity index (χ1n) is 5.69. The molecule has 1 saturated heterocycles. The summed E-state index contributed by atoms with van der Waals surface area (Å²) in [5.41, 5.74) is 6.85. The monoisotopic (exact) mass is 250 g/mol. The molecule has 0 amide bonds. The molecule has 2 aromatic rings. The highest BCUT2D eigenvalue weighted by molar-refractivity contribution is 7.19. The summed E-state index contributed by atoms with van der Waals surface area (Å²) in [4.78, 5) is 7.56. The summed E-state index contributed by atoms with van der Waals surface area (Å²) in [6, 6.07) is 1.93. The molecule has 90 valence electrons. The topological polar surface area (TPSA) is 68.2 Å². The number of aryl methyl sites for hydroxylation is 1. The Bertz CT molecular complexity index is 527. The maximum Gasteiger partial charge on any atom is 0.269 e. The van der Waals surface area contributed by atoms with Gasteiger partial charge in [0, 0.05) is 13.1 Å². The molecule has 6 heteroatoms. The normalized spacial score (nSPS) is 15.7. The molecule has 2 N–H and O–H groups in total. The summed E-state index contributed by atoms with van der Waals surface area (Å²) in [6.45, 7) is 4.04. The van der Waals surface area contributed by atoms with Crippen molar-refractivity contribution in [1.29, 1.82) is 0 Å². The van der Waals surface area contributed by atoms with E-state index in [0.717, 1.165) is 28.5 Å².